The van der Waals surface area contributed by atoms with Crippen LogP contribution in [0.5, 0.6) is 17.4 Å². The fourth-order valence-electron chi connectivity index (χ4n) is 3.30. The first-order chi connectivity index (χ1) is 16.5. The smallest absolute Gasteiger partial charge is 0.264 e. The molecule has 1 aliphatic rings. The van der Waals surface area contributed by atoms with Crippen LogP contribution in [-0.4, -0.2) is 65.7 Å². The number of hydrogen-bond donors (Lipinski definition) is 1. The Morgan fingerprint density at radius 3 is 2.74 bits per heavy atom. The zero-order valence-corrected chi connectivity index (χ0v) is 22.4. The first-order valence-electron chi connectivity index (χ1n) is 11.4. The van der Waals surface area contributed by atoms with Crippen LogP contribution in [0.1, 0.15) is 17.5 Å². The molecule has 0 saturated heterocycles. The van der Waals surface area contributed by atoms with Crippen molar-refractivity contribution >= 4 is 30.1 Å². The Morgan fingerprint density at radius 1 is 1.29 bits per heavy atom. The van der Waals surface area contributed by atoms with E-state index in [0.717, 1.165) is 29.1 Å². The van der Waals surface area contributed by atoms with Gasteiger partial charge in [0.2, 0.25) is 5.88 Å². The third kappa shape index (κ3) is 9.17. The van der Waals surface area contributed by atoms with Crippen LogP contribution in [0.25, 0.3) is 0 Å². The molecule has 1 aliphatic heterocycles. The highest BCUT2D eigenvalue weighted by atomic mass is 32.2. The number of nitrogens with one attached hydrogen (secondary N) is 1. The van der Waals surface area contributed by atoms with Crippen LogP contribution in [0.4, 0.5) is 0 Å². The Hall–Kier alpha value is -2.60. The van der Waals surface area contributed by atoms with Crippen molar-refractivity contribution in [3.05, 3.63) is 47.7 Å². The normalized spacial score (nSPS) is 16.0. The summed E-state index contributed by atoms with van der Waals surface area (Å²) in [6.07, 6.45) is 4.59. The van der Waals surface area contributed by atoms with Crippen molar-refractivity contribution in [2.75, 3.05) is 26.2 Å². The molecular formula is C24H33N3O6SSi. The average molecular weight is 520 g/mol. The summed E-state index contributed by atoms with van der Waals surface area (Å²) < 4.78 is 44.6. The van der Waals surface area contributed by atoms with Gasteiger partial charge in [-0.2, -0.15) is 8.42 Å². The van der Waals surface area contributed by atoms with Gasteiger partial charge < -0.3 is 19.6 Å². The number of fused-ring (bicyclic) bond motifs is 1. The molecule has 1 N–H and O–H groups in total. The summed E-state index contributed by atoms with van der Waals surface area (Å²) in [7, 11) is -4.66. The SMILES string of the molecule is C[Si](C)(C)CCOCN=C(CC=N)c1ccc(Oc2ccc3c(c2)OC(COS(C)(=O)=O)C3)nc1. The number of nitrogens with zero attached hydrogens (tertiary/aromatic N) is 2. The minimum absolute atomic E-state index is 0.0320. The van der Waals surface area contributed by atoms with E-state index in [0.29, 0.717) is 36.8 Å². The largest absolute Gasteiger partial charge is 0.487 e. The number of benzene rings is 1. The second kappa shape index (κ2) is 11.9. The quantitative estimate of drug-likeness (QED) is 0.181. The molecule has 35 heavy (non-hydrogen) atoms. The van der Waals surface area contributed by atoms with Crippen molar-refractivity contribution in [2.45, 2.75) is 44.6 Å². The van der Waals surface area contributed by atoms with E-state index in [1.165, 1.54) is 6.21 Å². The predicted octanol–water partition coefficient (Wildman–Crippen LogP) is 4.29. The number of aliphatic imine (C=N–C) groups is 1. The van der Waals surface area contributed by atoms with Gasteiger partial charge in [-0.15, -0.1) is 0 Å². The molecule has 1 unspecified atom stereocenters. The van der Waals surface area contributed by atoms with Crippen molar-refractivity contribution in [1.82, 2.24) is 4.98 Å². The molecule has 0 saturated carbocycles. The van der Waals surface area contributed by atoms with Crippen LogP contribution >= 0.6 is 0 Å². The molecule has 1 aromatic heterocycles. The van der Waals surface area contributed by atoms with E-state index in [1.807, 2.05) is 18.2 Å². The average Bonchev–Trinajstić information content (AvgIpc) is 3.18. The topological polar surface area (TPSA) is 120 Å². The fourth-order valence-corrected chi connectivity index (χ4v) is 4.46. The zero-order valence-electron chi connectivity index (χ0n) is 20.6. The molecule has 0 fully saturated rings. The maximum absolute atomic E-state index is 11.2. The van der Waals surface area contributed by atoms with Crippen LogP contribution in [0.2, 0.25) is 25.7 Å². The summed E-state index contributed by atoms with van der Waals surface area (Å²) in [4.78, 5) is 8.88. The summed E-state index contributed by atoms with van der Waals surface area (Å²) in [5.41, 5.74) is 2.50. The molecular weight excluding hydrogens is 486 g/mol. The maximum atomic E-state index is 11.2. The Morgan fingerprint density at radius 2 is 2.09 bits per heavy atom. The molecule has 0 bridgehead atoms. The second-order valence-electron chi connectivity index (χ2n) is 9.55. The van der Waals surface area contributed by atoms with Crippen molar-refractivity contribution in [1.29, 1.82) is 5.41 Å². The monoisotopic (exact) mass is 519 g/mol. The fraction of sp³-hybridized carbons (Fsp3) is 0.458. The molecule has 1 atom stereocenters. The van der Waals surface area contributed by atoms with Gasteiger partial charge in [-0.1, -0.05) is 25.7 Å². The summed E-state index contributed by atoms with van der Waals surface area (Å²) in [5, 5.41) is 7.47. The molecule has 11 heteroatoms. The summed E-state index contributed by atoms with van der Waals surface area (Å²) in [6.45, 7) is 7.84. The summed E-state index contributed by atoms with van der Waals surface area (Å²) in [6, 6.07) is 10.1. The maximum Gasteiger partial charge on any atom is 0.264 e. The van der Waals surface area contributed by atoms with E-state index < -0.39 is 18.2 Å². The lowest BCUT2D eigenvalue weighted by atomic mass is 10.1. The van der Waals surface area contributed by atoms with Gasteiger partial charge in [0.1, 0.15) is 30.9 Å². The molecule has 0 spiro atoms. The summed E-state index contributed by atoms with van der Waals surface area (Å²) in [5.74, 6) is 1.60. The van der Waals surface area contributed by atoms with Crippen molar-refractivity contribution < 1.29 is 26.8 Å². The second-order valence-corrected chi connectivity index (χ2v) is 16.8. The molecule has 190 valence electrons. The molecule has 2 aromatic rings. The predicted molar refractivity (Wildman–Crippen MR) is 139 cm³/mol. The van der Waals surface area contributed by atoms with E-state index in [-0.39, 0.29) is 19.4 Å². The van der Waals surface area contributed by atoms with E-state index in [1.54, 1.807) is 18.3 Å². The molecule has 2 heterocycles. The minimum atomic E-state index is -3.51. The number of rotatable bonds is 13. The standard InChI is InChI=1S/C24H33N3O6SSi/c1-34(28,29)31-16-21-13-18-5-7-20(14-23(18)32-21)33-24-8-6-19(15-26-24)22(9-10-25)27-17-30-11-12-35(2,3)4/h5-8,10,14-15,21,25H,9,11-13,16-17H2,1-4H3. The molecule has 0 radical (unpaired) electrons. The highest BCUT2D eigenvalue weighted by molar-refractivity contribution is 7.85. The number of ether oxygens (including phenoxy) is 3. The van der Waals surface area contributed by atoms with Gasteiger partial charge in [0.15, 0.2) is 0 Å². The number of aromatic nitrogens is 1. The minimum Gasteiger partial charge on any atom is -0.487 e. The van der Waals surface area contributed by atoms with Gasteiger partial charge in [-0.3, -0.25) is 9.18 Å². The van der Waals surface area contributed by atoms with Crippen LogP contribution < -0.4 is 9.47 Å². The van der Waals surface area contributed by atoms with E-state index in [2.05, 4.69) is 29.6 Å². The van der Waals surface area contributed by atoms with Gasteiger partial charge in [-0.25, -0.2) is 4.98 Å². The Bertz CT molecular complexity index is 1150. The molecule has 0 amide bonds. The molecule has 1 aromatic carbocycles. The third-order valence-corrected chi connectivity index (χ3v) is 7.45. The van der Waals surface area contributed by atoms with Crippen LogP contribution in [0.3, 0.4) is 0 Å². The molecule has 3 rings (SSSR count). The van der Waals surface area contributed by atoms with Gasteiger partial charge >= 0.3 is 0 Å². The third-order valence-electron chi connectivity index (χ3n) is 5.18. The first-order valence-corrected chi connectivity index (χ1v) is 16.9. The lowest BCUT2D eigenvalue weighted by Gasteiger charge is -2.14. The van der Waals surface area contributed by atoms with Gasteiger partial charge in [0, 0.05) is 57.6 Å². The van der Waals surface area contributed by atoms with E-state index >= 15 is 0 Å². The Balaban J connectivity index is 1.58. The van der Waals surface area contributed by atoms with Crippen molar-refractivity contribution in [2.24, 2.45) is 4.99 Å². The highest BCUT2D eigenvalue weighted by Crippen LogP contribution is 2.34. The van der Waals surface area contributed by atoms with Crippen molar-refractivity contribution in [3.63, 3.8) is 0 Å². The number of pyridine rings is 1. The number of hydrogen-bond acceptors (Lipinski definition) is 9. The van der Waals surface area contributed by atoms with Crippen LogP contribution in [-0.2, 0) is 25.5 Å². The van der Waals surface area contributed by atoms with Crippen LogP contribution in [0, 0.1) is 5.41 Å². The lowest BCUT2D eigenvalue weighted by molar-refractivity contribution is 0.153. The molecule has 9 nitrogen and oxygen atoms in total. The lowest BCUT2D eigenvalue weighted by Crippen LogP contribution is -2.22. The first kappa shape index (κ1) is 27.0. The van der Waals surface area contributed by atoms with Gasteiger partial charge in [-0.05, 0) is 23.7 Å². The van der Waals surface area contributed by atoms with E-state index in [9.17, 15) is 8.42 Å². The zero-order chi connectivity index (χ0) is 25.5. The van der Waals surface area contributed by atoms with Crippen LogP contribution in [0.15, 0.2) is 41.5 Å². The van der Waals surface area contributed by atoms with E-state index in [4.69, 9.17) is 23.8 Å². The Kier molecular flexibility index (Phi) is 9.17. The summed E-state index contributed by atoms with van der Waals surface area (Å²) >= 11 is 0. The van der Waals surface area contributed by atoms with Gasteiger partial charge in [0.05, 0.1) is 12.0 Å². The van der Waals surface area contributed by atoms with Gasteiger partial charge in [0.25, 0.3) is 10.1 Å². The Labute approximate surface area is 208 Å². The molecule has 0 aliphatic carbocycles. The van der Waals surface area contributed by atoms with Crippen molar-refractivity contribution in [3.8, 4) is 17.4 Å². The highest BCUT2D eigenvalue weighted by Gasteiger charge is 2.25.